The van der Waals surface area contributed by atoms with Gasteiger partial charge in [-0.05, 0) is 36.8 Å². The van der Waals surface area contributed by atoms with Gasteiger partial charge >= 0.3 is 0 Å². The SMILES string of the molecule is CCNC(=NCCNS(=O)(=O)c1cccnc1)N(C)Cc1ccc(OC)cc1.I. The van der Waals surface area contributed by atoms with Gasteiger partial charge in [-0.25, -0.2) is 13.1 Å². The number of aromatic nitrogens is 1. The molecule has 0 aliphatic rings. The predicted octanol–water partition coefficient (Wildman–Crippen LogP) is 2.08. The molecule has 2 N–H and O–H groups in total. The fourth-order valence-corrected chi connectivity index (χ4v) is 3.46. The van der Waals surface area contributed by atoms with Crippen molar-refractivity contribution in [1.82, 2.24) is 19.9 Å². The summed E-state index contributed by atoms with van der Waals surface area (Å²) in [7, 11) is 0.000975. The zero-order valence-corrected chi connectivity index (χ0v) is 20.0. The van der Waals surface area contributed by atoms with Crippen molar-refractivity contribution in [2.75, 3.05) is 33.8 Å². The molecule has 0 aliphatic carbocycles. The number of pyridine rings is 1. The van der Waals surface area contributed by atoms with Crippen molar-refractivity contribution in [2.24, 2.45) is 4.99 Å². The Kier molecular flexibility index (Phi) is 10.9. The third-order valence-electron chi connectivity index (χ3n) is 3.89. The molecule has 1 aromatic heterocycles. The van der Waals surface area contributed by atoms with E-state index in [4.69, 9.17) is 4.74 Å². The molecule has 2 aromatic rings. The average Bonchev–Trinajstić information content (AvgIpc) is 2.71. The third-order valence-corrected chi connectivity index (χ3v) is 5.33. The molecule has 2 rings (SSSR count). The molecule has 0 spiro atoms. The first-order valence-corrected chi connectivity index (χ1v) is 10.5. The van der Waals surface area contributed by atoms with Crippen LogP contribution < -0.4 is 14.8 Å². The van der Waals surface area contributed by atoms with Crippen LogP contribution in [0.15, 0.2) is 58.7 Å². The number of guanidine groups is 1. The maximum atomic E-state index is 12.2. The summed E-state index contributed by atoms with van der Waals surface area (Å²) >= 11 is 0. The summed E-state index contributed by atoms with van der Waals surface area (Å²) in [6.45, 7) is 3.88. The van der Waals surface area contributed by atoms with Crippen molar-refractivity contribution < 1.29 is 13.2 Å². The van der Waals surface area contributed by atoms with Crippen LogP contribution in [-0.2, 0) is 16.6 Å². The zero-order valence-electron chi connectivity index (χ0n) is 16.8. The van der Waals surface area contributed by atoms with Gasteiger partial charge < -0.3 is 15.0 Å². The highest BCUT2D eigenvalue weighted by molar-refractivity contribution is 14.0. The molecule has 1 heterocycles. The van der Waals surface area contributed by atoms with Crippen molar-refractivity contribution in [3.63, 3.8) is 0 Å². The fraction of sp³-hybridized carbons (Fsp3) is 0.368. The predicted molar refractivity (Wildman–Crippen MR) is 125 cm³/mol. The van der Waals surface area contributed by atoms with Crippen LogP contribution in [0.1, 0.15) is 12.5 Å². The number of halogens is 1. The van der Waals surface area contributed by atoms with Gasteiger partial charge in [0.1, 0.15) is 10.6 Å². The largest absolute Gasteiger partial charge is 0.497 e. The molecular formula is C19H28IN5O3S. The molecule has 29 heavy (non-hydrogen) atoms. The van der Waals surface area contributed by atoms with E-state index in [-0.39, 0.29) is 35.4 Å². The first-order valence-electron chi connectivity index (χ1n) is 8.98. The Morgan fingerprint density at radius 3 is 2.55 bits per heavy atom. The highest BCUT2D eigenvalue weighted by atomic mass is 127. The van der Waals surface area contributed by atoms with Gasteiger partial charge in [-0.2, -0.15) is 0 Å². The lowest BCUT2D eigenvalue weighted by Crippen LogP contribution is -2.39. The number of rotatable bonds is 9. The highest BCUT2D eigenvalue weighted by Crippen LogP contribution is 2.12. The molecule has 160 valence electrons. The molecule has 0 bridgehead atoms. The number of nitrogens with one attached hydrogen (secondary N) is 2. The Hall–Kier alpha value is -1.92. The monoisotopic (exact) mass is 533 g/mol. The van der Waals surface area contributed by atoms with E-state index < -0.39 is 10.0 Å². The van der Waals surface area contributed by atoms with Gasteiger partial charge in [-0.3, -0.25) is 9.98 Å². The Balaban J connectivity index is 0.00000420. The lowest BCUT2D eigenvalue weighted by Gasteiger charge is -2.22. The number of benzene rings is 1. The van der Waals surface area contributed by atoms with E-state index in [1.165, 1.54) is 18.5 Å². The summed E-state index contributed by atoms with van der Waals surface area (Å²) < 4.78 is 32.1. The van der Waals surface area contributed by atoms with Crippen molar-refractivity contribution in [2.45, 2.75) is 18.4 Å². The standard InChI is InChI=1S/C19H27N5O3S.HI/c1-4-21-19(24(2)15-16-7-9-17(27-3)10-8-16)22-12-13-23-28(25,26)18-6-5-11-20-14-18;/h5-11,14,23H,4,12-13,15H2,1-3H3,(H,21,22);1H. The number of hydrogen-bond acceptors (Lipinski definition) is 5. The van der Waals surface area contributed by atoms with Gasteiger partial charge in [-0.1, -0.05) is 12.1 Å². The van der Waals surface area contributed by atoms with Gasteiger partial charge in [-0.15, -0.1) is 24.0 Å². The number of methoxy groups -OCH3 is 1. The summed E-state index contributed by atoms with van der Waals surface area (Å²) in [4.78, 5) is 10.5. The second kappa shape index (κ2) is 12.6. The first kappa shape index (κ1) is 25.1. The number of nitrogens with zero attached hydrogens (tertiary/aromatic N) is 3. The summed E-state index contributed by atoms with van der Waals surface area (Å²) in [5.74, 6) is 1.52. The van der Waals surface area contributed by atoms with Crippen LogP contribution in [-0.4, -0.2) is 58.1 Å². The smallest absolute Gasteiger partial charge is 0.242 e. The number of ether oxygens (including phenoxy) is 1. The second-order valence-electron chi connectivity index (χ2n) is 6.03. The van der Waals surface area contributed by atoms with E-state index in [2.05, 4.69) is 20.0 Å². The second-order valence-corrected chi connectivity index (χ2v) is 7.79. The molecule has 0 saturated heterocycles. The molecule has 0 saturated carbocycles. The maximum Gasteiger partial charge on any atom is 0.242 e. The van der Waals surface area contributed by atoms with E-state index in [1.807, 2.05) is 43.1 Å². The van der Waals surface area contributed by atoms with Gasteiger partial charge in [0.2, 0.25) is 10.0 Å². The van der Waals surface area contributed by atoms with Crippen LogP contribution in [0.4, 0.5) is 0 Å². The van der Waals surface area contributed by atoms with Gasteiger partial charge in [0.25, 0.3) is 0 Å². The zero-order chi connectivity index (χ0) is 20.4. The Labute approximate surface area is 189 Å². The van der Waals surface area contributed by atoms with E-state index in [9.17, 15) is 8.42 Å². The Bertz CT molecular complexity index is 861. The van der Waals surface area contributed by atoms with Crippen molar-refractivity contribution in [1.29, 1.82) is 0 Å². The molecule has 1 aromatic carbocycles. The van der Waals surface area contributed by atoms with E-state index in [0.717, 1.165) is 11.3 Å². The lowest BCUT2D eigenvalue weighted by atomic mass is 10.2. The number of sulfonamides is 1. The third kappa shape index (κ3) is 8.15. The molecule has 0 aliphatic heterocycles. The van der Waals surface area contributed by atoms with Crippen LogP contribution >= 0.6 is 24.0 Å². The normalized spacial score (nSPS) is 11.5. The van der Waals surface area contributed by atoms with Gasteiger partial charge in [0.05, 0.1) is 13.7 Å². The minimum atomic E-state index is -3.57. The average molecular weight is 533 g/mol. The van der Waals surface area contributed by atoms with Crippen LogP contribution in [0.2, 0.25) is 0 Å². The van der Waals surface area contributed by atoms with Crippen LogP contribution in [0.3, 0.4) is 0 Å². The molecule has 8 nitrogen and oxygen atoms in total. The topological polar surface area (TPSA) is 95.9 Å². The van der Waals surface area contributed by atoms with Gasteiger partial charge in [0.15, 0.2) is 5.96 Å². The minimum Gasteiger partial charge on any atom is -0.497 e. The molecule has 10 heteroatoms. The van der Waals surface area contributed by atoms with E-state index in [1.54, 1.807) is 13.2 Å². The minimum absolute atomic E-state index is 0. The fourth-order valence-electron chi connectivity index (χ4n) is 2.48. The number of hydrogen-bond donors (Lipinski definition) is 2. The van der Waals surface area contributed by atoms with E-state index >= 15 is 0 Å². The van der Waals surface area contributed by atoms with Crippen LogP contribution in [0, 0.1) is 0 Å². The van der Waals surface area contributed by atoms with Gasteiger partial charge in [0, 0.05) is 39.1 Å². The van der Waals surface area contributed by atoms with Crippen LogP contribution in [0.25, 0.3) is 0 Å². The molecule has 0 fully saturated rings. The van der Waals surface area contributed by atoms with Crippen molar-refractivity contribution in [3.8, 4) is 5.75 Å². The van der Waals surface area contributed by atoms with E-state index in [0.29, 0.717) is 25.6 Å². The molecule has 0 radical (unpaired) electrons. The molecule has 0 atom stereocenters. The maximum absolute atomic E-state index is 12.2. The highest BCUT2D eigenvalue weighted by Gasteiger charge is 2.13. The summed E-state index contributed by atoms with van der Waals surface area (Å²) in [6.07, 6.45) is 2.85. The van der Waals surface area contributed by atoms with Crippen LogP contribution in [0.5, 0.6) is 5.75 Å². The molecular weight excluding hydrogens is 505 g/mol. The molecule has 0 amide bonds. The summed E-state index contributed by atoms with van der Waals surface area (Å²) in [6, 6.07) is 10.9. The summed E-state index contributed by atoms with van der Waals surface area (Å²) in [5, 5.41) is 3.22. The quantitative estimate of drug-likeness (QED) is 0.222. The first-order chi connectivity index (χ1) is 13.5. The molecule has 0 unspecified atom stereocenters. The number of aliphatic imine (C=N–C) groups is 1. The van der Waals surface area contributed by atoms with Crippen molar-refractivity contribution >= 4 is 40.0 Å². The van der Waals surface area contributed by atoms with Crippen molar-refractivity contribution in [3.05, 3.63) is 54.4 Å². The Morgan fingerprint density at radius 1 is 1.24 bits per heavy atom. The Morgan fingerprint density at radius 2 is 1.97 bits per heavy atom. The lowest BCUT2D eigenvalue weighted by molar-refractivity contribution is 0.414. The summed E-state index contributed by atoms with van der Waals surface area (Å²) in [5.41, 5.74) is 1.12.